The normalized spacial score (nSPS) is 18.2. The Balaban J connectivity index is 1.57. The van der Waals surface area contributed by atoms with E-state index in [0.29, 0.717) is 47.8 Å². The van der Waals surface area contributed by atoms with Crippen molar-refractivity contribution >= 4 is 40.4 Å². The molecule has 0 bridgehead atoms. The number of nitriles is 1. The van der Waals surface area contributed by atoms with E-state index in [1.807, 2.05) is 19.1 Å². The number of rotatable bonds is 8. The average Bonchev–Trinajstić information content (AvgIpc) is 3.78. The van der Waals surface area contributed by atoms with Crippen LogP contribution in [0.15, 0.2) is 12.1 Å². The van der Waals surface area contributed by atoms with Gasteiger partial charge in [0.25, 0.3) is 11.8 Å². The number of aromatic amines is 1. The van der Waals surface area contributed by atoms with Gasteiger partial charge in [0.1, 0.15) is 11.5 Å². The first-order valence-corrected chi connectivity index (χ1v) is 14.8. The van der Waals surface area contributed by atoms with Crippen LogP contribution in [0.5, 0.6) is 0 Å². The predicted molar refractivity (Wildman–Crippen MR) is 149 cm³/mol. The van der Waals surface area contributed by atoms with E-state index in [1.165, 1.54) is 22.7 Å². The Morgan fingerprint density at radius 1 is 1.15 bits per heavy atom. The van der Waals surface area contributed by atoms with Gasteiger partial charge in [0.05, 0.1) is 22.4 Å². The summed E-state index contributed by atoms with van der Waals surface area (Å²) in [4.78, 5) is 43.0. The first kappa shape index (κ1) is 27.9. The molecule has 4 N–H and O–H groups in total. The number of aryl methyl sites for hydroxylation is 2. The first-order valence-electron chi connectivity index (χ1n) is 13.2. The lowest BCUT2D eigenvalue weighted by Crippen LogP contribution is -2.45. The maximum atomic E-state index is 13.0. The highest BCUT2D eigenvalue weighted by atomic mass is 32.1. The molecule has 40 heavy (non-hydrogen) atoms. The van der Waals surface area contributed by atoms with Gasteiger partial charge in [-0.25, -0.2) is 0 Å². The number of carbonyl (C=O) groups excluding carboxylic acids is 3. The van der Waals surface area contributed by atoms with Crippen LogP contribution in [0, 0.1) is 11.3 Å². The number of nitrogens with one attached hydrogen (secondary N) is 4. The van der Waals surface area contributed by atoms with Crippen LogP contribution in [-0.2, 0) is 23.1 Å². The minimum atomic E-state index is -0.916. The molecule has 3 aromatic rings. The monoisotopic (exact) mass is 581 g/mol. The number of hydrogen-bond acceptors (Lipinski definition) is 10. The van der Waals surface area contributed by atoms with E-state index >= 15 is 0 Å². The second kappa shape index (κ2) is 11.4. The third-order valence-electron chi connectivity index (χ3n) is 7.62. The van der Waals surface area contributed by atoms with Crippen LogP contribution in [0.25, 0.3) is 0 Å². The molecule has 1 saturated heterocycles. The highest BCUT2D eigenvalue weighted by Gasteiger charge is 2.48. The molecule has 3 aromatic heterocycles. The molecular formula is C26H31N9O3S2. The Labute approximate surface area is 239 Å². The molecule has 5 rings (SSSR count). The smallest absolute Gasteiger partial charge is 0.261 e. The van der Waals surface area contributed by atoms with Crippen LogP contribution in [0.1, 0.15) is 72.2 Å². The van der Waals surface area contributed by atoms with Crippen molar-refractivity contribution in [2.75, 3.05) is 27.2 Å². The van der Waals surface area contributed by atoms with Crippen molar-refractivity contribution in [1.82, 2.24) is 41.5 Å². The number of nitrogens with zero attached hydrogens (tertiary/aromatic N) is 5. The number of carbonyl (C=O) groups is 3. The minimum absolute atomic E-state index is 0.0866. The quantitative estimate of drug-likeness (QED) is 0.309. The second-order valence-corrected chi connectivity index (χ2v) is 12.2. The Kier molecular flexibility index (Phi) is 7.97. The van der Waals surface area contributed by atoms with Crippen LogP contribution >= 0.6 is 22.7 Å². The Hall–Kier alpha value is -3.67. The molecule has 12 nitrogen and oxygen atoms in total. The van der Waals surface area contributed by atoms with Gasteiger partial charge in [0.15, 0.2) is 5.82 Å². The van der Waals surface area contributed by atoms with Gasteiger partial charge in [0, 0.05) is 36.4 Å². The zero-order chi connectivity index (χ0) is 28.4. The predicted octanol–water partition coefficient (Wildman–Crippen LogP) is 1.36. The third-order valence-corrected chi connectivity index (χ3v) is 10.3. The molecule has 3 amide bonds. The lowest BCUT2D eigenvalue weighted by molar-refractivity contribution is -0.130. The fraction of sp³-hybridized carbons (Fsp3) is 0.500. The molecule has 0 spiro atoms. The van der Waals surface area contributed by atoms with Crippen LogP contribution in [-0.4, -0.2) is 82.5 Å². The Bertz CT molecular complexity index is 1390. The standard InChI is InChI=1S/C26H31N9O3S2/c1-14(30-13-20(36)35-8-4-5-17(35)12-27)11-26(25-31-33-34-32-25)21-15(9-18(39-21)23(37)28-2)6-7-16-10-19(24(38)29-3)40-22(16)26/h9-10,14,17,30H,4-8,11,13H2,1-3H3,(H,28,37)(H,29,38)(H,31,32,33,34)/t14-,17?/m0/s1. The van der Waals surface area contributed by atoms with Gasteiger partial charge in [-0.15, -0.1) is 32.9 Å². The topological polar surface area (TPSA) is 169 Å². The minimum Gasteiger partial charge on any atom is -0.354 e. The van der Waals surface area contributed by atoms with Crippen molar-refractivity contribution in [3.8, 4) is 6.07 Å². The number of aromatic nitrogens is 4. The number of likely N-dealkylation sites (tertiary alicyclic amines) is 1. The average molecular weight is 582 g/mol. The van der Waals surface area contributed by atoms with Crippen LogP contribution in [0.4, 0.5) is 0 Å². The molecule has 2 atom stereocenters. The molecule has 1 aliphatic carbocycles. The summed E-state index contributed by atoms with van der Waals surface area (Å²) in [6.45, 7) is 2.66. The van der Waals surface area contributed by atoms with Gasteiger partial charge in [-0.2, -0.15) is 10.5 Å². The summed E-state index contributed by atoms with van der Waals surface area (Å²) < 4.78 is 0. The van der Waals surface area contributed by atoms with E-state index < -0.39 is 5.41 Å². The summed E-state index contributed by atoms with van der Waals surface area (Å²) in [5, 5.41) is 33.6. The zero-order valence-electron chi connectivity index (χ0n) is 22.5. The molecule has 1 unspecified atom stereocenters. The number of hydrogen-bond donors (Lipinski definition) is 4. The summed E-state index contributed by atoms with van der Waals surface area (Å²) in [7, 11) is 3.21. The summed E-state index contributed by atoms with van der Waals surface area (Å²) in [5.74, 6) is -0.0154. The maximum Gasteiger partial charge on any atom is 0.261 e. The largest absolute Gasteiger partial charge is 0.354 e. The van der Waals surface area contributed by atoms with Crippen molar-refractivity contribution in [3.05, 3.63) is 48.6 Å². The van der Waals surface area contributed by atoms with E-state index in [-0.39, 0.29) is 36.3 Å². The van der Waals surface area contributed by atoms with E-state index in [9.17, 15) is 19.6 Å². The maximum absolute atomic E-state index is 13.0. The van der Waals surface area contributed by atoms with E-state index in [2.05, 4.69) is 42.6 Å². The SMILES string of the molecule is CNC(=O)c1cc2c(s1)C(C[C@H](C)NCC(=O)N1CCCC1C#N)(c1nn[nH]n1)c1sc(C(=O)NC)cc1CC2. The Morgan fingerprint density at radius 2 is 1.77 bits per heavy atom. The lowest BCUT2D eigenvalue weighted by atomic mass is 9.76. The van der Waals surface area contributed by atoms with Gasteiger partial charge in [0.2, 0.25) is 5.91 Å². The molecule has 2 aliphatic rings. The highest BCUT2D eigenvalue weighted by molar-refractivity contribution is 7.16. The summed E-state index contributed by atoms with van der Waals surface area (Å²) in [6, 6.07) is 5.49. The van der Waals surface area contributed by atoms with Gasteiger partial charge < -0.3 is 20.9 Å². The number of amides is 3. The van der Waals surface area contributed by atoms with E-state index in [0.717, 1.165) is 27.3 Å². The summed E-state index contributed by atoms with van der Waals surface area (Å²) in [6.07, 6.45) is 3.34. The highest BCUT2D eigenvalue weighted by Crippen LogP contribution is 2.52. The van der Waals surface area contributed by atoms with E-state index in [1.54, 1.807) is 19.0 Å². The third kappa shape index (κ3) is 4.89. The van der Waals surface area contributed by atoms with Gasteiger partial charge in [-0.05, 0) is 62.3 Å². The fourth-order valence-electron chi connectivity index (χ4n) is 5.71. The molecule has 1 aliphatic heterocycles. The molecular weight excluding hydrogens is 550 g/mol. The number of fused-ring (bicyclic) bond motifs is 2. The first-order chi connectivity index (χ1) is 19.3. The van der Waals surface area contributed by atoms with Crippen LogP contribution < -0.4 is 16.0 Å². The van der Waals surface area contributed by atoms with Crippen molar-refractivity contribution in [3.63, 3.8) is 0 Å². The van der Waals surface area contributed by atoms with Gasteiger partial charge in [-0.3, -0.25) is 14.4 Å². The fourth-order valence-corrected chi connectivity index (χ4v) is 8.49. The van der Waals surface area contributed by atoms with Crippen molar-refractivity contribution in [2.24, 2.45) is 0 Å². The summed E-state index contributed by atoms with van der Waals surface area (Å²) in [5.41, 5.74) is 1.13. The molecule has 210 valence electrons. The Morgan fingerprint density at radius 3 is 2.30 bits per heavy atom. The number of H-pyrrole nitrogens is 1. The second-order valence-electron chi connectivity index (χ2n) is 10.1. The molecule has 0 radical (unpaired) electrons. The lowest BCUT2D eigenvalue weighted by Gasteiger charge is -2.33. The summed E-state index contributed by atoms with van der Waals surface area (Å²) >= 11 is 2.79. The molecule has 0 aromatic carbocycles. The molecule has 14 heteroatoms. The molecule has 1 fully saturated rings. The van der Waals surface area contributed by atoms with Crippen molar-refractivity contribution in [1.29, 1.82) is 5.26 Å². The molecule has 4 heterocycles. The van der Waals surface area contributed by atoms with Gasteiger partial charge in [-0.1, -0.05) is 5.21 Å². The zero-order valence-corrected chi connectivity index (χ0v) is 24.2. The van der Waals surface area contributed by atoms with Crippen LogP contribution in [0.2, 0.25) is 0 Å². The number of thiophene rings is 2. The van der Waals surface area contributed by atoms with Crippen LogP contribution in [0.3, 0.4) is 0 Å². The molecule has 0 saturated carbocycles. The number of tetrazole rings is 1. The van der Waals surface area contributed by atoms with Crippen molar-refractivity contribution < 1.29 is 14.4 Å². The van der Waals surface area contributed by atoms with Gasteiger partial charge >= 0.3 is 0 Å². The van der Waals surface area contributed by atoms with Crippen molar-refractivity contribution in [2.45, 2.75) is 56.5 Å². The van der Waals surface area contributed by atoms with E-state index in [4.69, 9.17) is 0 Å².